The average Bonchev–Trinajstić information content (AvgIpc) is 3.07. The number of hydrogen-bond donors (Lipinski definition) is 3. The third-order valence-electron chi connectivity index (χ3n) is 4.43. The van der Waals surface area contributed by atoms with Gasteiger partial charge in [0.05, 0.1) is 7.11 Å². The lowest BCUT2D eigenvalue weighted by molar-refractivity contribution is 0.234. The number of aryl methyl sites for hydroxylation is 1. The van der Waals surface area contributed by atoms with Crippen LogP contribution in [0.15, 0.2) is 30.3 Å². The van der Waals surface area contributed by atoms with Crippen LogP contribution in [0.2, 0.25) is 0 Å². The molecule has 25 heavy (non-hydrogen) atoms. The minimum Gasteiger partial charge on any atom is -0.497 e. The maximum Gasteiger partial charge on any atom is 0.315 e. The van der Waals surface area contributed by atoms with Gasteiger partial charge in [0.2, 0.25) is 0 Å². The number of rotatable bonds is 5. The molecule has 0 spiro atoms. The molecule has 0 unspecified atom stereocenters. The summed E-state index contributed by atoms with van der Waals surface area (Å²) in [6.07, 6.45) is 1.83. The first-order valence-corrected chi connectivity index (χ1v) is 8.58. The number of anilines is 1. The van der Waals surface area contributed by atoms with Gasteiger partial charge in [0.1, 0.15) is 5.75 Å². The first kappa shape index (κ1) is 17.1. The summed E-state index contributed by atoms with van der Waals surface area (Å²) >= 11 is 0. The molecule has 2 heterocycles. The van der Waals surface area contributed by atoms with Crippen molar-refractivity contribution in [3.63, 3.8) is 0 Å². The van der Waals surface area contributed by atoms with E-state index in [9.17, 15) is 4.79 Å². The molecule has 2 amide bonds. The van der Waals surface area contributed by atoms with Gasteiger partial charge < -0.3 is 20.3 Å². The largest absolute Gasteiger partial charge is 0.497 e. The van der Waals surface area contributed by atoms with Gasteiger partial charge in [-0.2, -0.15) is 5.10 Å². The topological polar surface area (TPSA) is 82.3 Å². The highest BCUT2D eigenvalue weighted by Crippen LogP contribution is 2.18. The molecule has 1 aliphatic heterocycles. The van der Waals surface area contributed by atoms with Crippen LogP contribution in [0.1, 0.15) is 24.1 Å². The molecule has 0 aliphatic carbocycles. The first-order valence-electron chi connectivity index (χ1n) is 8.58. The normalized spacial score (nSPS) is 15.0. The van der Waals surface area contributed by atoms with Crippen molar-refractivity contribution < 1.29 is 9.53 Å². The van der Waals surface area contributed by atoms with Crippen LogP contribution in [0, 0.1) is 6.92 Å². The van der Waals surface area contributed by atoms with Gasteiger partial charge in [-0.3, -0.25) is 5.10 Å². The predicted octanol–water partition coefficient (Wildman–Crippen LogP) is 2.19. The standard InChI is InChI=1S/C18H25N5O2/c1-13-10-17(22-21-13)23-8-6-15(7-9-23)20-18(24)19-12-14-4-3-5-16(11-14)25-2/h3-5,10-11,15H,6-9,12H2,1-2H3,(H,21,22)(H2,19,20,24). The summed E-state index contributed by atoms with van der Waals surface area (Å²) in [4.78, 5) is 14.4. The third-order valence-corrected chi connectivity index (χ3v) is 4.43. The molecule has 1 aliphatic rings. The second-order valence-electron chi connectivity index (χ2n) is 6.35. The van der Waals surface area contributed by atoms with Crippen molar-refractivity contribution in [1.29, 1.82) is 0 Å². The Bertz CT molecular complexity index is 707. The number of nitrogens with one attached hydrogen (secondary N) is 3. The summed E-state index contributed by atoms with van der Waals surface area (Å²) < 4.78 is 5.19. The van der Waals surface area contributed by atoms with E-state index >= 15 is 0 Å². The number of urea groups is 1. The van der Waals surface area contributed by atoms with Crippen molar-refractivity contribution in [3.8, 4) is 5.75 Å². The summed E-state index contributed by atoms with van der Waals surface area (Å²) in [6.45, 7) is 4.27. The van der Waals surface area contributed by atoms with Crippen LogP contribution in [0.25, 0.3) is 0 Å². The second kappa shape index (κ2) is 7.92. The Balaban J connectivity index is 1.41. The Morgan fingerprint density at radius 1 is 1.36 bits per heavy atom. The lowest BCUT2D eigenvalue weighted by atomic mass is 10.1. The zero-order valence-corrected chi connectivity index (χ0v) is 14.7. The number of H-pyrrole nitrogens is 1. The van der Waals surface area contributed by atoms with Crippen LogP contribution >= 0.6 is 0 Å². The summed E-state index contributed by atoms with van der Waals surface area (Å²) in [6, 6.07) is 9.81. The van der Waals surface area contributed by atoms with E-state index in [0.717, 1.165) is 48.8 Å². The van der Waals surface area contributed by atoms with E-state index in [2.05, 4.69) is 31.8 Å². The van der Waals surface area contributed by atoms with Crippen molar-refractivity contribution in [1.82, 2.24) is 20.8 Å². The summed E-state index contributed by atoms with van der Waals surface area (Å²) in [7, 11) is 1.63. The van der Waals surface area contributed by atoms with E-state index in [1.807, 2.05) is 31.2 Å². The number of hydrogen-bond acceptors (Lipinski definition) is 4. The summed E-state index contributed by atoms with van der Waals surface area (Å²) in [5.41, 5.74) is 2.07. The van der Waals surface area contributed by atoms with E-state index in [4.69, 9.17) is 4.74 Å². The monoisotopic (exact) mass is 343 g/mol. The molecule has 0 bridgehead atoms. The Morgan fingerprint density at radius 3 is 2.84 bits per heavy atom. The lowest BCUT2D eigenvalue weighted by Crippen LogP contribution is -2.47. The molecule has 1 fully saturated rings. The van der Waals surface area contributed by atoms with Crippen LogP contribution in [0.4, 0.5) is 10.6 Å². The van der Waals surface area contributed by atoms with Gasteiger partial charge in [0.25, 0.3) is 0 Å². The predicted molar refractivity (Wildman–Crippen MR) is 96.9 cm³/mol. The van der Waals surface area contributed by atoms with Crippen LogP contribution < -0.4 is 20.3 Å². The SMILES string of the molecule is COc1cccc(CNC(=O)NC2CCN(c3cc(C)[nH]n3)CC2)c1. The molecular weight excluding hydrogens is 318 g/mol. The van der Waals surface area contributed by atoms with Gasteiger partial charge >= 0.3 is 6.03 Å². The van der Waals surface area contributed by atoms with Gasteiger partial charge in [0.15, 0.2) is 5.82 Å². The Labute approximate surface area is 147 Å². The maximum absolute atomic E-state index is 12.1. The highest BCUT2D eigenvalue weighted by Gasteiger charge is 2.21. The Kier molecular flexibility index (Phi) is 5.42. The van der Waals surface area contributed by atoms with Crippen molar-refractivity contribution in [2.45, 2.75) is 32.4 Å². The molecule has 0 atom stereocenters. The van der Waals surface area contributed by atoms with Crippen molar-refractivity contribution >= 4 is 11.8 Å². The van der Waals surface area contributed by atoms with Gasteiger partial charge in [0, 0.05) is 37.4 Å². The molecule has 3 rings (SSSR count). The van der Waals surface area contributed by atoms with Gasteiger partial charge in [-0.15, -0.1) is 0 Å². The number of aromatic nitrogens is 2. The Hall–Kier alpha value is -2.70. The van der Waals surface area contributed by atoms with Crippen LogP contribution in [-0.2, 0) is 6.54 Å². The van der Waals surface area contributed by atoms with Gasteiger partial charge in [-0.1, -0.05) is 12.1 Å². The zero-order chi connectivity index (χ0) is 17.6. The highest BCUT2D eigenvalue weighted by molar-refractivity contribution is 5.74. The quantitative estimate of drug-likeness (QED) is 0.777. The minimum absolute atomic E-state index is 0.128. The number of ether oxygens (including phenoxy) is 1. The molecule has 2 aromatic rings. The number of nitrogens with zero attached hydrogens (tertiary/aromatic N) is 2. The lowest BCUT2D eigenvalue weighted by Gasteiger charge is -2.32. The highest BCUT2D eigenvalue weighted by atomic mass is 16.5. The van der Waals surface area contributed by atoms with Crippen LogP contribution in [0.3, 0.4) is 0 Å². The van der Waals surface area contributed by atoms with Gasteiger partial charge in [-0.05, 0) is 37.5 Å². The number of methoxy groups -OCH3 is 1. The van der Waals surface area contributed by atoms with E-state index in [1.165, 1.54) is 0 Å². The first-order chi connectivity index (χ1) is 12.1. The molecule has 0 radical (unpaired) electrons. The molecule has 7 heteroatoms. The van der Waals surface area contributed by atoms with E-state index < -0.39 is 0 Å². The number of aromatic amines is 1. The fourth-order valence-electron chi connectivity index (χ4n) is 3.02. The van der Waals surface area contributed by atoms with E-state index in [-0.39, 0.29) is 12.1 Å². The molecule has 1 aromatic heterocycles. The van der Waals surface area contributed by atoms with Crippen molar-refractivity contribution in [2.75, 3.05) is 25.1 Å². The van der Waals surface area contributed by atoms with Crippen molar-refractivity contribution in [3.05, 3.63) is 41.6 Å². The summed E-state index contributed by atoms with van der Waals surface area (Å²) in [5.74, 6) is 1.78. The Morgan fingerprint density at radius 2 is 2.16 bits per heavy atom. The maximum atomic E-state index is 12.1. The van der Waals surface area contributed by atoms with Crippen molar-refractivity contribution in [2.24, 2.45) is 0 Å². The molecule has 1 saturated heterocycles. The van der Waals surface area contributed by atoms with Crippen LogP contribution in [0.5, 0.6) is 5.75 Å². The van der Waals surface area contributed by atoms with E-state index in [1.54, 1.807) is 7.11 Å². The average molecular weight is 343 g/mol. The fraction of sp³-hybridized carbons (Fsp3) is 0.444. The molecule has 1 aromatic carbocycles. The number of benzene rings is 1. The number of carbonyl (C=O) groups is 1. The smallest absolute Gasteiger partial charge is 0.315 e. The molecular formula is C18H25N5O2. The number of piperidine rings is 1. The number of amides is 2. The number of carbonyl (C=O) groups excluding carboxylic acids is 1. The van der Waals surface area contributed by atoms with Gasteiger partial charge in [-0.25, -0.2) is 4.79 Å². The molecule has 7 nitrogen and oxygen atoms in total. The minimum atomic E-state index is -0.128. The fourth-order valence-corrected chi connectivity index (χ4v) is 3.02. The van der Waals surface area contributed by atoms with E-state index in [0.29, 0.717) is 6.54 Å². The summed E-state index contributed by atoms with van der Waals surface area (Å²) in [5, 5.41) is 13.2. The zero-order valence-electron chi connectivity index (χ0n) is 14.7. The molecule has 0 saturated carbocycles. The van der Waals surface area contributed by atoms with Crippen LogP contribution in [-0.4, -0.2) is 42.5 Å². The molecule has 134 valence electrons. The molecule has 3 N–H and O–H groups in total. The second-order valence-corrected chi connectivity index (χ2v) is 6.35. The third kappa shape index (κ3) is 4.65.